The first kappa shape index (κ1) is 13.7. The molecule has 0 unspecified atom stereocenters. The summed E-state index contributed by atoms with van der Waals surface area (Å²) >= 11 is 3.55. The molecule has 1 aromatic rings. The maximum absolute atomic E-state index is 11.4. The van der Waals surface area contributed by atoms with Gasteiger partial charge in [0.05, 0.1) is 15.6 Å². The molecule has 1 fully saturated rings. The molecule has 0 atom stereocenters. The van der Waals surface area contributed by atoms with E-state index in [9.17, 15) is 4.79 Å². The summed E-state index contributed by atoms with van der Waals surface area (Å²) in [5.74, 6) is 1.19. The molecule has 2 N–H and O–H groups in total. The van der Waals surface area contributed by atoms with E-state index < -0.39 is 0 Å². The SMILES string of the molecule is CC(=O)c1sc(N2CCSC(C)(C)CC2)cc1N. The van der Waals surface area contributed by atoms with E-state index in [1.54, 1.807) is 6.92 Å². The minimum Gasteiger partial charge on any atom is -0.397 e. The number of thiophene rings is 1. The Bertz CT molecular complexity index is 454. The topological polar surface area (TPSA) is 46.3 Å². The number of nitrogens with two attached hydrogens (primary N) is 1. The van der Waals surface area contributed by atoms with Gasteiger partial charge in [-0.25, -0.2) is 0 Å². The van der Waals surface area contributed by atoms with E-state index in [2.05, 4.69) is 18.7 Å². The second-order valence-electron chi connectivity index (χ2n) is 5.27. The summed E-state index contributed by atoms with van der Waals surface area (Å²) in [6.07, 6.45) is 1.16. The standard InChI is InChI=1S/C13H20N2OS2/c1-9(16)12-10(14)8-11(18-12)15-5-4-13(2,3)17-7-6-15/h8H,4-7,14H2,1-3H3. The highest BCUT2D eigenvalue weighted by Crippen LogP contribution is 2.36. The van der Waals surface area contributed by atoms with Gasteiger partial charge < -0.3 is 10.6 Å². The number of Topliss-reactive ketones (excluding diaryl/α,β-unsaturated/α-hetero) is 1. The highest BCUT2D eigenvalue weighted by atomic mass is 32.2. The number of hydrogen-bond donors (Lipinski definition) is 1. The lowest BCUT2D eigenvalue weighted by Gasteiger charge is -2.22. The van der Waals surface area contributed by atoms with E-state index >= 15 is 0 Å². The first-order valence-electron chi connectivity index (χ1n) is 6.18. The van der Waals surface area contributed by atoms with Gasteiger partial charge in [0.15, 0.2) is 5.78 Å². The molecule has 0 saturated carbocycles. The van der Waals surface area contributed by atoms with Crippen LogP contribution in [0.1, 0.15) is 36.9 Å². The Hall–Kier alpha value is -0.680. The number of anilines is 2. The van der Waals surface area contributed by atoms with Gasteiger partial charge in [-0.15, -0.1) is 11.3 Å². The summed E-state index contributed by atoms with van der Waals surface area (Å²) in [5, 5.41) is 1.14. The van der Waals surface area contributed by atoms with E-state index in [4.69, 9.17) is 5.73 Å². The van der Waals surface area contributed by atoms with E-state index in [0.717, 1.165) is 30.3 Å². The Balaban J connectivity index is 2.17. The maximum atomic E-state index is 11.4. The first-order valence-corrected chi connectivity index (χ1v) is 7.98. The van der Waals surface area contributed by atoms with Gasteiger partial charge in [-0.2, -0.15) is 11.8 Å². The smallest absolute Gasteiger partial charge is 0.171 e. The van der Waals surface area contributed by atoms with Crippen molar-refractivity contribution in [2.45, 2.75) is 31.9 Å². The first-order chi connectivity index (χ1) is 8.39. The van der Waals surface area contributed by atoms with Gasteiger partial charge in [-0.05, 0) is 12.5 Å². The highest BCUT2D eigenvalue weighted by Gasteiger charge is 2.25. The van der Waals surface area contributed by atoms with Crippen LogP contribution >= 0.6 is 23.1 Å². The molecule has 5 heteroatoms. The zero-order chi connectivity index (χ0) is 13.3. The fourth-order valence-corrected chi connectivity index (χ4v) is 4.19. The van der Waals surface area contributed by atoms with Gasteiger partial charge >= 0.3 is 0 Å². The van der Waals surface area contributed by atoms with Crippen molar-refractivity contribution in [3.63, 3.8) is 0 Å². The zero-order valence-electron chi connectivity index (χ0n) is 11.2. The van der Waals surface area contributed by atoms with Gasteiger partial charge in [0.1, 0.15) is 0 Å². The quantitative estimate of drug-likeness (QED) is 0.847. The van der Waals surface area contributed by atoms with Crippen LogP contribution in [-0.2, 0) is 0 Å². The van der Waals surface area contributed by atoms with Crippen LogP contribution in [-0.4, -0.2) is 29.4 Å². The molecule has 0 radical (unpaired) electrons. The molecular weight excluding hydrogens is 264 g/mol. The summed E-state index contributed by atoms with van der Waals surface area (Å²) in [6, 6.07) is 1.95. The lowest BCUT2D eigenvalue weighted by atomic mass is 10.1. The lowest BCUT2D eigenvalue weighted by molar-refractivity contribution is 0.102. The molecule has 2 rings (SSSR count). The molecule has 0 spiro atoms. The van der Waals surface area contributed by atoms with Gasteiger partial charge in [0.25, 0.3) is 0 Å². The largest absolute Gasteiger partial charge is 0.397 e. The maximum Gasteiger partial charge on any atom is 0.171 e. The summed E-state index contributed by atoms with van der Waals surface area (Å²) in [4.78, 5) is 14.5. The minimum atomic E-state index is 0.0632. The normalized spacial score (nSPS) is 19.6. The minimum absolute atomic E-state index is 0.0632. The van der Waals surface area contributed by atoms with Crippen LogP contribution in [0, 0.1) is 0 Å². The average molecular weight is 284 g/mol. The van der Waals surface area contributed by atoms with Crippen molar-refractivity contribution in [3.8, 4) is 0 Å². The summed E-state index contributed by atoms with van der Waals surface area (Å²) in [6.45, 7) is 8.24. The monoisotopic (exact) mass is 284 g/mol. The van der Waals surface area contributed by atoms with E-state index in [0.29, 0.717) is 15.3 Å². The molecule has 100 valence electrons. The molecule has 3 nitrogen and oxygen atoms in total. The number of nitrogens with zero attached hydrogens (tertiary/aromatic N) is 1. The summed E-state index contributed by atoms with van der Waals surface area (Å²) in [5.41, 5.74) is 6.52. The second-order valence-corrected chi connectivity index (χ2v) is 8.10. The van der Waals surface area contributed by atoms with Crippen LogP contribution in [0.25, 0.3) is 0 Å². The van der Waals surface area contributed by atoms with Gasteiger partial charge in [-0.1, -0.05) is 13.8 Å². The van der Waals surface area contributed by atoms with Crippen molar-refractivity contribution >= 4 is 39.6 Å². The molecule has 1 aromatic heterocycles. The van der Waals surface area contributed by atoms with Crippen LogP contribution in [0.4, 0.5) is 10.7 Å². The predicted molar refractivity (Wildman–Crippen MR) is 82.1 cm³/mol. The highest BCUT2D eigenvalue weighted by molar-refractivity contribution is 8.00. The number of carbonyl (C=O) groups is 1. The third kappa shape index (κ3) is 3.01. The van der Waals surface area contributed by atoms with Crippen molar-refractivity contribution in [1.29, 1.82) is 0 Å². The van der Waals surface area contributed by atoms with Gasteiger partial charge in [-0.3, -0.25) is 4.79 Å². The van der Waals surface area contributed by atoms with E-state index in [1.165, 1.54) is 11.3 Å². The van der Waals surface area contributed by atoms with Crippen molar-refractivity contribution in [2.75, 3.05) is 29.5 Å². The van der Waals surface area contributed by atoms with Gasteiger partial charge in [0.2, 0.25) is 0 Å². The lowest BCUT2D eigenvalue weighted by Crippen LogP contribution is -2.26. The molecule has 0 aromatic carbocycles. The number of rotatable bonds is 2. The Labute approximate surface area is 117 Å². The van der Waals surface area contributed by atoms with Crippen LogP contribution in [0.2, 0.25) is 0 Å². The molecule has 18 heavy (non-hydrogen) atoms. The van der Waals surface area contributed by atoms with Crippen LogP contribution in [0.5, 0.6) is 0 Å². The number of ketones is 1. The molecule has 2 heterocycles. The van der Waals surface area contributed by atoms with E-state index in [-0.39, 0.29) is 5.78 Å². The van der Waals surface area contributed by atoms with E-state index in [1.807, 2.05) is 17.8 Å². The second kappa shape index (κ2) is 5.13. The number of carbonyl (C=O) groups excluding carboxylic acids is 1. The Morgan fingerprint density at radius 1 is 1.44 bits per heavy atom. The van der Waals surface area contributed by atoms with Crippen LogP contribution in [0.15, 0.2) is 6.07 Å². The number of hydrogen-bond acceptors (Lipinski definition) is 5. The third-order valence-electron chi connectivity index (χ3n) is 3.22. The molecule has 1 saturated heterocycles. The molecular formula is C13H20N2OS2. The molecule has 0 bridgehead atoms. The summed E-state index contributed by atoms with van der Waals surface area (Å²) < 4.78 is 0.348. The average Bonchev–Trinajstić information content (AvgIpc) is 2.55. The molecule has 1 aliphatic rings. The number of nitrogen functional groups attached to an aromatic ring is 1. The third-order valence-corrected chi connectivity index (χ3v) is 5.90. The fourth-order valence-electron chi connectivity index (χ4n) is 2.06. The van der Waals surface area contributed by atoms with Gasteiger partial charge in [0, 0.05) is 30.5 Å². The fraction of sp³-hybridized carbons (Fsp3) is 0.615. The van der Waals surface area contributed by atoms with Crippen LogP contribution < -0.4 is 10.6 Å². The number of thioether (sulfide) groups is 1. The zero-order valence-corrected chi connectivity index (χ0v) is 12.8. The van der Waals surface area contributed by atoms with Crippen LogP contribution in [0.3, 0.4) is 0 Å². The molecule has 0 amide bonds. The molecule has 1 aliphatic heterocycles. The Morgan fingerprint density at radius 3 is 2.78 bits per heavy atom. The predicted octanol–water partition coefficient (Wildman–Crippen LogP) is 3.25. The summed E-state index contributed by atoms with van der Waals surface area (Å²) in [7, 11) is 0. The Kier molecular flexibility index (Phi) is 3.92. The van der Waals surface area contributed by atoms with Crippen molar-refractivity contribution in [2.24, 2.45) is 0 Å². The van der Waals surface area contributed by atoms with Crippen molar-refractivity contribution < 1.29 is 4.79 Å². The van der Waals surface area contributed by atoms with Crippen molar-refractivity contribution in [3.05, 3.63) is 10.9 Å². The van der Waals surface area contributed by atoms with Crippen molar-refractivity contribution in [1.82, 2.24) is 0 Å². The Morgan fingerprint density at radius 2 is 2.17 bits per heavy atom. The molecule has 0 aliphatic carbocycles.